The summed E-state index contributed by atoms with van der Waals surface area (Å²) in [7, 11) is 0. The standard InChI is InChI=1S/C22H20BrNO/c1-16-7-8-17(2)21(13-16)24-14-19-5-3-4-6-22(19)25-15-18-9-11-20(23)12-10-18/h3-14H,15H2,1-2H3. The Kier molecular flexibility index (Phi) is 5.67. The summed E-state index contributed by atoms with van der Waals surface area (Å²) in [5.41, 5.74) is 5.46. The van der Waals surface area contributed by atoms with Crippen LogP contribution >= 0.6 is 15.9 Å². The zero-order chi connectivity index (χ0) is 17.6. The van der Waals surface area contributed by atoms with E-state index in [1.165, 1.54) is 5.56 Å². The van der Waals surface area contributed by atoms with E-state index in [9.17, 15) is 0 Å². The van der Waals surface area contributed by atoms with Crippen LogP contribution in [0.15, 0.2) is 76.2 Å². The predicted molar refractivity (Wildman–Crippen MR) is 108 cm³/mol. The molecule has 0 atom stereocenters. The first-order valence-corrected chi connectivity index (χ1v) is 8.99. The van der Waals surface area contributed by atoms with Crippen molar-refractivity contribution < 1.29 is 4.74 Å². The molecule has 0 bridgehead atoms. The van der Waals surface area contributed by atoms with Crippen LogP contribution in [-0.4, -0.2) is 6.21 Å². The summed E-state index contributed by atoms with van der Waals surface area (Å²) in [5.74, 6) is 0.833. The molecular weight excluding hydrogens is 374 g/mol. The third-order valence-electron chi connectivity index (χ3n) is 3.93. The van der Waals surface area contributed by atoms with Gasteiger partial charge in [0.25, 0.3) is 0 Å². The van der Waals surface area contributed by atoms with Gasteiger partial charge in [-0.3, -0.25) is 4.99 Å². The topological polar surface area (TPSA) is 21.6 Å². The summed E-state index contributed by atoms with van der Waals surface area (Å²) < 4.78 is 7.07. The second-order valence-corrected chi connectivity index (χ2v) is 6.92. The van der Waals surface area contributed by atoms with Gasteiger partial charge in [0.1, 0.15) is 12.4 Å². The fraction of sp³-hybridized carbons (Fsp3) is 0.136. The number of hydrogen-bond donors (Lipinski definition) is 0. The number of hydrogen-bond acceptors (Lipinski definition) is 2. The van der Waals surface area contributed by atoms with Gasteiger partial charge in [-0.1, -0.05) is 52.3 Å². The third-order valence-corrected chi connectivity index (χ3v) is 4.46. The SMILES string of the molecule is Cc1ccc(C)c(N=Cc2ccccc2OCc2ccc(Br)cc2)c1. The zero-order valence-electron chi connectivity index (χ0n) is 14.4. The Bertz CT molecular complexity index is 885. The third kappa shape index (κ3) is 4.80. The van der Waals surface area contributed by atoms with E-state index < -0.39 is 0 Å². The second kappa shape index (κ2) is 8.13. The van der Waals surface area contributed by atoms with Crippen molar-refractivity contribution in [3.63, 3.8) is 0 Å². The minimum Gasteiger partial charge on any atom is -0.488 e. The molecule has 0 spiro atoms. The maximum atomic E-state index is 6.00. The monoisotopic (exact) mass is 393 g/mol. The van der Waals surface area contributed by atoms with E-state index >= 15 is 0 Å². The highest BCUT2D eigenvalue weighted by molar-refractivity contribution is 9.10. The first-order valence-electron chi connectivity index (χ1n) is 8.19. The first-order chi connectivity index (χ1) is 12.1. The van der Waals surface area contributed by atoms with Crippen molar-refractivity contribution in [2.24, 2.45) is 4.99 Å². The molecule has 25 heavy (non-hydrogen) atoms. The smallest absolute Gasteiger partial charge is 0.128 e. The highest BCUT2D eigenvalue weighted by Crippen LogP contribution is 2.22. The minimum absolute atomic E-state index is 0.529. The Morgan fingerprint density at radius 2 is 1.72 bits per heavy atom. The van der Waals surface area contributed by atoms with Gasteiger partial charge in [0.05, 0.1) is 5.69 Å². The van der Waals surface area contributed by atoms with Crippen LogP contribution in [-0.2, 0) is 6.61 Å². The van der Waals surface area contributed by atoms with Crippen LogP contribution < -0.4 is 4.74 Å². The lowest BCUT2D eigenvalue weighted by molar-refractivity contribution is 0.306. The maximum absolute atomic E-state index is 6.00. The molecule has 3 rings (SSSR count). The van der Waals surface area contributed by atoms with Crippen LogP contribution in [0.25, 0.3) is 0 Å². The van der Waals surface area contributed by atoms with Crippen LogP contribution in [0.4, 0.5) is 5.69 Å². The van der Waals surface area contributed by atoms with E-state index in [1.54, 1.807) is 0 Å². The van der Waals surface area contributed by atoms with Gasteiger partial charge >= 0.3 is 0 Å². The molecule has 0 radical (unpaired) electrons. The average molecular weight is 394 g/mol. The van der Waals surface area contributed by atoms with Crippen molar-refractivity contribution >= 4 is 27.8 Å². The molecule has 0 aliphatic carbocycles. The van der Waals surface area contributed by atoms with E-state index in [0.717, 1.165) is 32.6 Å². The van der Waals surface area contributed by atoms with Crippen LogP contribution in [0.5, 0.6) is 5.75 Å². The molecule has 3 aromatic rings. The predicted octanol–water partition coefficient (Wildman–Crippen LogP) is 6.40. The number of para-hydroxylation sites is 1. The molecule has 0 saturated heterocycles. The lowest BCUT2D eigenvalue weighted by Crippen LogP contribution is -1.98. The zero-order valence-corrected chi connectivity index (χ0v) is 16.0. The number of aliphatic imine (C=N–C) groups is 1. The van der Waals surface area contributed by atoms with Crippen molar-refractivity contribution in [2.75, 3.05) is 0 Å². The van der Waals surface area contributed by atoms with E-state index in [-0.39, 0.29) is 0 Å². The number of aryl methyl sites for hydroxylation is 2. The molecule has 3 aromatic carbocycles. The van der Waals surface area contributed by atoms with Gasteiger partial charge in [-0.2, -0.15) is 0 Å². The molecule has 0 aliphatic heterocycles. The van der Waals surface area contributed by atoms with Gasteiger partial charge in [-0.05, 0) is 60.9 Å². The number of rotatable bonds is 5. The molecule has 2 nitrogen and oxygen atoms in total. The summed E-state index contributed by atoms with van der Waals surface area (Å²) in [6, 6.07) is 22.4. The van der Waals surface area contributed by atoms with E-state index in [1.807, 2.05) is 42.6 Å². The Morgan fingerprint density at radius 1 is 0.960 bits per heavy atom. The molecule has 0 heterocycles. The normalized spacial score (nSPS) is 11.0. The van der Waals surface area contributed by atoms with Gasteiger partial charge < -0.3 is 4.74 Å². The Balaban J connectivity index is 1.77. The molecule has 3 heteroatoms. The first kappa shape index (κ1) is 17.4. The fourth-order valence-corrected chi connectivity index (χ4v) is 2.72. The van der Waals surface area contributed by atoms with Crippen LogP contribution in [0.2, 0.25) is 0 Å². The number of benzene rings is 3. The van der Waals surface area contributed by atoms with E-state index in [4.69, 9.17) is 4.74 Å². The molecule has 0 fully saturated rings. The number of nitrogens with zero attached hydrogens (tertiary/aromatic N) is 1. The molecule has 0 N–H and O–H groups in total. The second-order valence-electron chi connectivity index (χ2n) is 6.00. The highest BCUT2D eigenvalue weighted by Gasteiger charge is 2.02. The summed E-state index contributed by atoms with van der Waals surface area (Å²) in [6.45, 7) is 4.68. The molecule has 0 aromatic heterocycles. The van der Waals surface area contributed by atoms with Gasteiger partial charge in [-0.25, -0.2) is 0 Å². The lowest BCUT2D eigenvalue weighted by Gasteiger charge is -2.09. The fourth-order valence-electron chi connectivity index (χ4n) is 2.46. The Labute approximate surface area is 157 Å². The van der Waals surface area contributed by atoms with Crippen molar-refractivity contribution in [3.05, 3.63) is 93.5 Å². The largest absolute Gasteiger partial charge is 0.488 e. The Hall–Kier alpha value is -2.39. The molecular formula is C22H20BrNO. The lowest BCUT2D eigenvalue weighted by atomic mass is 10.1. The highest BCUT2D eigenvalue weighted by atomic mass is 79.9. The van der Waals surface area contributed by atoms with Crippen LogP contribution in [0.3, 0.4) is 0 Å². The summed E-state index contributed by atoms with van der Waals surface area (Å²) in [6.07, 6.45) is 1.87. The van der Waals surface area contributed by atoms with Gasteiger partial charge in [0, 0.05) is 16.3 Å². The average Bonchev–Trinajstić information content (AvgIpc) is 2.63. The van der Waals surface area contributed by atoms with Crippen LogP contribution in [0, 0.1) is 13.8 Å². The molecule has 0 saturated carbocycles. The van der Waals surface area contributed by atoms with Crippen molar-refractivity contribution in [3.8, 4) is 5.75 Å². The minimum atomic E-state index is 0.529. The number of ether oxygens (including phenoxy) is 1. The quantitative estimate of drug-likeness (QED) is 0.459. The van der Waals surface area contributed by atoms with Crippen molar-refractivity contribution in [2.45, 2.75) is 20.5 Å². The molecule has 126 valence electrons. The van der Waals surface area contributed by atoms with Gasteiger partial charge in [-0.15, -0.1) is 0 Å². The van der Waals surface area contributed by atoms with Gasteiger partial charge in [0.2, 0.25) is 0 Å². The van der Waals surface area contributed by atoms with Crippen molar-refractivity contribution in [1.29, 1.82) is 0 Å². The van der Waals surface area contributed by atoms with E-state index in [2.05, 4.69) is 65.1 Å². The summed E-state index contributed by atoms with van der Waals surface area (Å²) in [4.78, 5) is 4.65. The molecule has 0 amide bonds. The molecule has 0 aliphatic rings. The van der Waals surface area contributed by atoms with E-state index in [0.29, 0.717) is 6.61 Å². The maximum Gasteiger partial charge on any atom is 0.128 e. The summed E-state index contributed by atoms with van der Waals surface area (Å²) in [5, 5.41) is 0. The van der Waals surface area contributed by atoms with Gasteiger partial charge in [0.15, 0.2) is 0 Å². The van der Waals surface area contributed by atoms with Crippen molar-refractivity contribution in [1.82, 2.24) is 0 Å². The summed E-state index contributed by atoms with van der Waals surface area (Å²) >= 11 is 3.45. The van der Waals surface area contributed by atoms with Crippen LogP contribution in [0.1, 0.15) is 22.3 Å². The Morgan fingerprint density at radius 3 is 2.52 bits per heavy atom. The molecule has 0 unspecified atom stereocenters. The number of halogens is 1.